The smallest absolute Gasteiger partial charge is 0.245 e. The van der Waals surface area contributed by atoms with Crippen molar-refractivity contribution in [3.63, 3.8) is 0 Å². The summed E-state index contributed by atoms with van der Waals surface area (Å²) in [5, 5.41) is 11.8. The number of hydrogen-bond donors (Lipinski definition) is 2. The van der Waals surface area contributed by atoms with E-state index in [2.05, 4.69) is 5.32 Å². The van der Waals surface area contributed by atoms with Crippen LogP contribution in [0.3, 0.4) is 0 Å². The number of benzene rings is 1. The van der Waals surface area contributed by atoms with E-state index < -0.39 is 6.04 Å². The molecule has 5 nitrogen and oxygen atoms in total. The molecule has 1 aromatic rings. The van der Waals surface area contributed by atoms with Crippen molar-refractivity contribution in [3.8, 4) is 0 Å². The predicted molar refractivity (Wildman–Crippen MR) is 75.0 cm³/mol. The fourth-order valence-electron chi connectivity index (χ4n) is 2.38. The van der Waals surface area contributed by atoms with Crippen molar-refractivity contribution in [2.45, 2.75) is 25.3 Å². The van der Waals surface area contributed by atoms with E-state index in [4.69, 9.17) is 5.11 Å². The highest BCUT2D eigenvalue weighted by Crippen LogP contribution is 2.11. The van der Waals surface area contributed by atoms with E-state index in [0.29, 0.717) is 25.9 Å². The highest BCUT2D eigenvalue weighted by atomic mass is 16.3. The molecule has 0 spiro atoms. The van der Waals surface area contributed by atoms with Gasteiger partial charge in [0.05, 0.1) is 6.61 Å². The van der Waals surface area contributed by atoms with Crippen LogP contribution in [0.4, 0.5) is 0 Å². The van der Waals surface area contributed by atoms with Crippen molar-refractivity contribution in [1.29, 1.82) is 0 Å². The molecule has 1 aromatic carbocycles. The molecule has 1 fully saturated rings. The van der Waals surface area contributed by atoms with E-state index in [0.717, 1.165) is 12.0 Å². The van der Waals surface area contributed by atoms with Crippen molar-refractivity contribution >= 4 is 11.8 Å². The van der Waals surface area contributed by atoms with Gasteiger partial charge in [-0.3, -0.25) is 9.59 Å². The molecule has 0 radical (unpaired) electrons. The lowest BCUT2D eigenvalue weighted by atomic mass is 10.1. The number of hydrogen-bond acceptors (Lipinski definition) is 3. The zero-order chi connectivity index (χ0) is 14.4. The van der Waals surface area contributed by atoms with Crippen LogP contribution in [0.1, 0.15) is 18.4 Å². The van der Waals surface area contributed by atoms with Gasteiger partial charge in [0.15, 0.2) is 0 Å². The molecule has 0 aliphatic carbocycles. The summed E-state index contributed by atoms with van der Waals surface area (Å²) in [6.07, 6.45) is 1.69. The molecule has 2 N–H and O–H groups in total. The molecular weight excluding hydrogens is 256 g/mol. The summed E-state index contributed by atoms with van der Waals surface area (Å²) in [7, 11) is 0. The van der Waals surface area contributed by atoms with Crippen LogP contribution in [0.5, 0.6) is 0 Å². The van der Waals surface area contributed by atoms with Gasteiger partial charge in [-0.2, -0.15) is 0 Å². The van der Waals surface area contributed by atoms with Gasteiger partial charge in [-0.1, -0.05) is 30.3 Å². The molecule has 1 aliphatic rings. The number of carbonyl (C=O) groups is 2. The maximum Gasteiger partial charge on any atom is 0.245 e. The molecule has 108 valence electrons. The predicted octanol–water partition coefficient (Wildman–Crippen LogP) is 0.329. The maximum absolute atomic E-state index is 12.3. The van der Waals surface area contributed by atoms with Gasteiger partial charge in [0.25, 0.3) is 0 Å². The van der Waals surface area contributed by atoms with E-state index >= 15 is 0 Å². The zero-order valence-electron chi connectivity index (χ0n) is 11.4. The molecular formula is C15H20N2O3. The third kappa shape index (κ3) is 3.81. The first-order valence-electron chi connectivity index (χ1n) is 6.93. The van der Waals surface area contributed by atoms with Gasteiger partial charge in [0.2, 0.25) is 11.8 Å². The van der Waals surface area contributed by atoms with E-state index in [-0.39, 0.29) is 18.4 Å². The Balaban J connectivity index is 1.92. The number of rotatable bonds is 6. The second-order valence-electron chi connectivity index (χ2n) is 4.94. The third-order valence-corrected chi connectivity index (χ3v) is 3.49. The van der Waals surface area contributed by atoms with Gasteiger partial charge in [-0.15, -0.1) is 0 Å². The van der Waals surface area contributed by atoms with Gasteiger partial charge in [0, 0.05) is 19.5 Å². The lowest BCUT2D eigenvalue weighted by Gasteiger charge is -2.24. The molecule has 2 rings (SSSR count). The first kappa shape index (κ1) is 14.5. The minimum Gasteiger partial charge on any atom is -0.395 e. The lowest BCUT2D eigenvalue weighted by Crippen LogP contribution is -2.46. The largest absolute Gasteiger partial charge is 0.395 e. The van der Waals surface area contributed by atoms with Crippen LogP contribution in [0.2, 0.25) is 0 Å². The van der Waals surface area contributed by atoms with Crippen LogP contribution in [0, 0.1) is 0 Å². The molecule has 20 heavy (non-hydrogen) atoms. The van der Waals surface area contributed by atoms with E-state index in [1.807, 2.05) is 30.3 Å². The molecule has 1 aliphatic heterocycles. The van der Waals surface area contributed by atoms with Crippen LogP contribution in [0.25, 0.3) is 0 Å². The van der Waals surface area contributed by atoms with Crippen LogP contribution in [0.15, 0.2) is 30.3 Å². The lowest BCUT2D eigenvalue weighted by molar-refractivity contribution is -0.134. The number of aliphatic hydroxyl groups excluding tert-OH is 1. The zero-order valence-corrected chi connectivity index (χ0v) is 11.4. The molecule has 0 saturated carbocycles. The molecule has 1 unspecified atom stereocenters. The highest BCUT2D eigenvalue weighted by molar-refractivity contribution is 5.90. The first-order valence-corrected chi connectivity index (χ1v) is 6.93. The van der Waals surface area contributed by atoms with E-state index in [1.165, 1.54) is 0 Å². The third-order valence-electron chi connectivity index (χ3n) is 3.49. The topological polar surface area (TPSA) is 69.6 Å². The van der Waals surface area contributed by atoms with E-state index in [9.17, 15) is 9.59 Å². The summed E-state index contributed by atoms with van der Waals surface area (Å²) in [5.41, 5.74) is 1.15. The maximum atomic E-state index is 12.3. The summed E-state index contributed by atoms with van der Waals surface area (Å²) in [4.78, 5) is 25.1. The molecule has 0 bridgehead atoms. The highest BCUT2D eigenvalue weighted by Gasteiger charge is 2.30. The molecule has 2 amide bonds. The number of nitrogens with zero attached hydrogens (tertiary/aromatic N) is 1. The minimum absolute atomic E-state index is 0.0683. The molecule has 1 heterocycles. The fourth-order valence-corrected chi connectivity index (χ4v) is 2.38. The SMILES string of the molecule is O=C1CCC(C(=O)N(CCO)CCc2ccccc2)N1. The number of amides is 2. The number of carbonyl (C=O) groups excluding carboxylic acids is 2. The van der Waals surface area contributed by atoms with Crippen molar-refractivity contribution in [2.24, 2.45) is 0 Å². The van der Waals surface area contributed by atoms with Crippen LogP contribution < -0.4 is 5.32 Å². The number of aliphatic hydroxyl groups is 1. The van der Waals surface area contributed by atoms with Crippen molar-refractivity contribution in [3.05, 3.63) is 35.9 Å². The summed E-state index contributed by atoms with van der Waals surface area (Å²) in [6.45, 7) is 0.787. The van der Waals surface area contributed by atoms with Crippen molar-refractivity contribution < 1.29 is 14.7 Å². The van der Waals surface area contributed by atoms with Gasteiger partial charge < -0.3 is 15.3 Å². The van der Waals surface area contributed by atoms with Gasteiger partial charge in [0.1, 0.15) is 6.04 Å². The first-order chi connectivity index (χ1) is 9.70. The second kappa shape index (κ2) is 7.05. The van der Waals surface area contributed by atoms with Crippen molar-refractivity contribution in [1.82, 2.24) is 10.2 Å². The van der Waals surface area contributed by atoms with E-state index in [1.54, 1.807) is 4.90 Å². The number of nitrogens with one attached hydrogen (secondary N) is 1. The second-order valence-corrected chi connectivity index (χ2v) is 4.94. The van der Waals surface area contributed by atoms with Gasteiger partial charge >= 0.3 is 0 Å². The Bertz CT molecular complexity index is 461. The molecule has 1 atom stereocenters. The van der Waals surface area contributed by atoms with Gasteiger partial charge in [-0.25, -0.2) is 0 Å². The normalized spacial score (nSPS) is 17.9. The Morgan fingerprint density at radius 3 is 2.65 bits per heavy atom. The molecule has 0 aromatic heterocycles. The monoisotopic (exact) mass is 276 g/mol. The standard InChI is InChI=1S/C15H20N2O3/c18-11-10-17(9-8-12-4-2-1-3-5-12)15(20)13-6-7-14(19)16-13/h1-5,13,18H,6-11H2,(H,16,19). The quantitative estimate of drug-likeness (QED) is 0.786. The minimum atomic E-state index is -0.426. The summed E-state index contributed by atoms with van der Waals surface area (Å²) < 4.78 is 0. The molecule has 1 saturated heterocycles. The van der Waals surface area contributed by atoms with Gasteiger partial charge in [-0.05, 0) is 18.4 Å². The van der Waals surface area contributed by atoms with Crippen LogP contribution >= 0.6 is 0 Å². The van der Waals surface area contributed by atoms with Crippen LogP contribution in [-0.4, -0.2) is 47.6 Å². The van der Waals surface area contributed by atoms with Crippen molar-refractivity contribution in [2.75, 3.05) is 19.7 Å². The Labute approximate surface area is 118 Å². The summed E-state index contributed by atoms with van der Waals surface area (Å²) in [5.74, 6) is -0.170. The average Bonchev–Trinajstić information content (AvgIpc) is 2.90. The Kier molecular flexibility index (Phi) is 5.12. The summed E-state index contributed by atoms with van der Waals surface area (Å²) >= 11 is 0. The Hall–Kier alpha value is -1.88. The average molecular weight is 276 g/mol. The molecule has 5 heteroatoms. The summed E-state index contributed by atoms with van der Waals surface area (Å²) in [6, 6.07) is 9.48. The fraction of sp³-hybridized carbons (Fsp3) is 0.467. The Morgan fingerprint density at radius 2 is 2.05 bits per heavy atom. The van der Waals surface area contributed by atoms with Crippen LogP contribution in [-0.2, 0) is 16.0 Å². The Morgan fingerprint density at radius 1 is 1.30 bits per heavy atom.